The molecule has 5 nitrogen and oxygen atoms in total. The number of rotatable bonds is 10. The minimum absolute atomic E-state index is 0.0585. The van der Waals surface area contributed by atoms with Crippen LogP contribution < -0.4 is 10.4 Å². The van der Waals surface area contributed by atoms with Crippen molar-refractivity contribution in [2.24, 2.45) is 0 Å². The van der Waals surface area contributed by atoms with Crippen LogP contribution in [0.5, 0.6) is 5.75 Å². The molecule has 0 heterocycles. The van der Waals surface area contributed by atoms with Gasteiger partial charge in [0.25, 0.3) is 0 Å². The third-order valence-electron chi connectivity index (χ3n) is 5.70. The Labute approximate surface area is 205 Å². The van der Waals surface area contributed by atoms with Crippen molar-refractivity contribution in [2.45, 2.75) is 39.0 Å². The summed E-state index contributed by atoms with van der Waals surface area (Å²) in [5.74, 6) is 0.574. The molecule has 2 unspecified atom stereocenters. The number of anilines is 1. The number of hydrogen-bond donors (Lipinski definition) is 3. The highest BCUT2D eigenvalue weighted by molar-refractivity contribution is 7.13. The molecule has 2 atom stereocenters. The summed E-state index contributed by atoms with van der Waals surface area (Å²) >= 11 is 0. The number of phenolic OH excluding ortho intramolecular Hbond substituents is 1. The number of benzene rings is 3. The number of aromatic hydroxyl groups is 1. The molecular weight excluding hydrogens is 443 g/mol. The van der Waals surface area contributed by atoms with E-state index in [0.717, 1.165) is 53.7 Å². The molecule has 3 aromatic carbocycles. The number of hydrogen-bond acceptors (Lipinski definition) is 5. The van der Waals surface area contributed by atoms with Crippen molar-refractivity contribution < 1.29 is 14.7 Å². The van der Waals surface area contributed by atoms with E-state index in [2.05, 4.69) is 38.9 Å². The van der Waals surface area contributed by atoms with E-state index < -0.39 is 0 Å². The van der Waals surface area contributed by atoms with Crippen LogP contribution in [0.25, 0.3) is 11.1 Å². The summed E-state index contributed by atoms with van der Waals surface area (Å²) in [7, 11) is 4.33. The number of nitrogens with one attached hydrogen (secondary N) is 2. The van der Waals surface area contributed by atoms with Crippen molar-refractivity contribution in [1.29, 1.82) is 0 Å². The molecule has 0 saturated carbocycles. The monoisotopic (exact) mass is 478 g/mol. The van der Waals surface area contributed by atoms with Gasteiger partial charge in [0.2, 0.25) is 0 Å². The van der Waals surface area contributed by atoms with Crippen molar-refractivity contribution in [3.63, 3.8) is 0 Å². The second-order valence-electron chi connectivity index (χ2n) is 8.10. The van der Waals surface area contributed by atoms with E-state index in [0.29, 0.717) is 17.8 Å². The third kappa shape index (κ3) is 7.79. The molecule has 0 bridgehead atoms. The fourth-order valence-corrected chi connectivity index (χ4v) is 4.04. The van der Waals surface area contributed by atoms with Crippen molar-refractivity contribution in [1.82, 2.24) is 5.09 Å². The van der Waals surface area contributed by atoms with Gasteiger partial charge in [0.05, 0.1) is 5.56 Å². The van der Waals surface area contributed by atoms with Gasteiger partial charge in [-0.2, -0.15) is 0 Å². The molecule has 0 saturated heterocycles. The average molecular weight is 479 g/mol. The predicted molar refractivity (Wildman–Crippen MR) is 145 cm³/mol. The van der Waals surface area contributed by atoms with E-state index in [1.165, 1.54) is 0 Å². The quantitative estimate of drug-likeness (QED) is 0.177. The fourth-order valence-electron chi connectivity index (χ4n) is 3.87. The van der Waals surface area contributed by atoms with E-state index in [1.54, 1.807) is 19.1 Å². The van der Waals surface area contributed by atoms with Crippen molar-refractivity contribution >= 4 is 27.1 Å². The van der Waals surface area contributed by atoms with E-state index in [4.69, 9.17) is 0 Å². The van der Waals surface area contributed by atoms with E-state index in [-0.39, 0.29) is 11.5 Å². The van der Waals surface area contributed by atoms with Gasteiger partial charge in [-0.15, -0.1) is 0 Å². The molecule has 0 spiro atoms. The molecule has 0 aliphatic carbocycles. The first-order chi connectivity index (χ1) is 16.4. The van der Waals surface area contributed by atoms with Gasteiger partial charge in [0, 0.05) is 18.3 Å². The van der Waals surface area contributed by atoms with Crippen molar-refractivity contribution in [3.05, 3.63) is 83.4 Å². The predicted octanol–water partition coefficient (Wildman–Crippen LogP) is 6.46. The molecule has 180 valence electrons. The lowest BCUT2D eigenvalue weighted by atomic mass is 9.90. The maximum Gasteiger partial charge on any atom is 0.161 e. The second-order valence-corrected chi connectivity index (χ2v) is 8.51. The molecule has 0 aromatic heterocycles. The van der Waals surface area contributed by atoms with Crippen LogP contribution in [-0.2, 0) is 0 Å². The highest BCUT2D eigenvalue weighted by Gasteiger charge is 2.12. The Morgan fingerprint density at radius 1 is 1.03 bits per heavy atom. The molecule has 34 heavy (non-hydrogen) atoms. The molecular formula is C28H35N2O3P. The Bertz CT molecular complexity index is 1070. The van der Waals surface area contributed by atoms with Crippen LogP contribution in [0, 0.1) is 0 Å². The maximum absolute atomic E-state index is 11.4. The summed E-state index contributed by atoms with van der Waals surface area (Å²) in [5.41, 5.74) is 5.37. The van der Waals surface area contributed by atoms with E-state index in [1.807, 2.05) is 49.5 Å². The van der Waals surface area contributed by atoms with Gasteiger partial charge in [0.15, 0.2) is 12.1 Å². The smallest absolute Gasteiger partial charge is 0.161 e. The van der Waals surface area contributed by atoms with Gasteiger partial charge in [-0.05, 0) is 73.2 Å². The van der Waals surface area contributed by atoms with Crippen LogP contribution in [0.4, 0.5) is 5.69 Å². The highest BCUT2D eigenvalue weighted by atomic mass is 31.0. The normalized spacial score (nSPS) is 11.2. The number of Topliss-reactive ketones (excluding diaryl/α,β-unsaturated/α-hetero) is 1. The number of carbonyl (C=O) groups excluding carboxylic acids is 2. The molecule has 0 aliphatic heterocycles. The summed E-state index contributed by atoms with van der Waals surface area (Å²) in [6.45, 7) is 4.66. The Morgan fingerprint density at radius 3 is 2.35 bits per heavy atom. The van der Waals surface area contributed by atoms with Gasteiger partial charge in [-0.25, -0.2) is 0 Å². The second kappa shape index (κ2) is 14.3. The largest absolute Gasteiger partial charge is 0.507 e. The number of phenols is 1. The van der Waals surface area contributed by atoms with Crippen molar-refractivity contribution in [2.75, 3.05) is 18.9 Å². The number of aldehydes is 1. The lowest BCUT2D eigenvalue weighted by Gasteiger charge is -2.17. The van der Waals surface area contributed by atoms with Gasteiger partial charge >= 0.3 is 0 Å². The van der Waals surface area contributed by atoms with Crippen LogP contribution in [-0.4, -0.2) is 30.8 Å². The first-order valence-electron chi connectivity index (χ1n) is 11.5. The van der Waals surface area contributed by atoms with E-state index >= 15 is 0 Å². The number of carbonyl (C=O) groups is 2. The third-order valence-corrected chi connectivity index (χ3v) is 5.99. The SMILES string of the molecule is CCCC(CCNP)c1ccc(O)c(C=O)c1.CNc1cc(-c2ccccc2)ccc1C(C)=O. The molecule has 0 fully saturated rings. The topological polar surface area (TPSA) is 78.4 Å². The lowest BCUT2D eigenvalue weighted by molar-refractivity contribution is 0.101. The highest BCUT2D eigenvalue weighted by Crippen LogP contribution is 2.28. The zero-order valence-corrected chi connectivity index (χ0v) is 21.3. The number of ketones is 1. The summed E-state index contributed by atoms with van der Waals surface area (Å²) in [6.07, 6.45) is 3.93. The molecule has 3 rings (SSSR count). The molecule has 6 heteroatoms. The zero-order valence-electron chi connectivity index (χ0n) is 20.2. The van der Waals surface area contributed by atoms with E-state index in [9.17, 15) is 14.7 Å². The van der Waals surface area contributed by atoms with Crippen LogP contribution in [0.3, 0.4) is 0 Å². The molecule has 3 N–H and O–H groups in total. The van der Waals surface area contributed by atoms with Gasteiger partial charge in [-0.3, -0.25) is 9.59 Å². The summed E-state index contributed by atoms with van der Waals surface area (Å²) < 4.78 is 0. The molecule has 0 amide bonds. The van der Waals surface area contributed by atoms with Crippen LogP contribution >= 0.6 is 9.39 Å². The average Bonchev–Trinajstić information content (AvgIpc) is 2.87. The maximum atomic E-state index is 11.4. The van der Waals surface area contributed by atoms with Gasteiger partial charge in [-0.1, -0.05) is 65.2 Å². The Hall–Kier alpha value is -3.01. The molecule has 3 aromatic rings. The lowest BCUT2D eigenvalue weighted by Crippen LogP contribution is -2.08. The minimum atomic E-state index is 0.0585. The Kier molecular flexibility index (Phi) is 11.5. The Morgan fingerprint density at radius 2 is 1.76 bits per heavy atom. The summed E-state index contributed by atoms with van der Waals surface area (Å²) in [4.78, 5) is 22.2. The molecule has 0 aliphatic rings. The molecule has 0 radical (unpaired) electrons. The van der Waals surface area contributed by atoms with Crippen LogP contribution in [0.2, 0.25) is 0 Å². The Balaban J connectivity index is 0.000000240. The van der Waals surface area contributed by atoms with Gasteiger partial charge < -0.3 is 15.5 Å². The summed E-state index contributed by atoms with van der Waals surface area (Å²) in [6, 6.07) is 21.3. The van der Waals surface area contributed by atoms with Crippen LogP contribution in [0.15, 0.2) is 66.7 Å². The van der Waals surface area contributed by atoms with Gasteiger partial charge in [0.1, 0.15) is 5.75 Å². The minimum Gasteiger partial charge on any atom is -0.507 e. The first kappa shape index (κ1) is 27.2. The van der Waals surface area contributed by atoms with Crippen molar-refractivity contribution in [3.8, 4) is 16.9 Å². The first-order valence-corrected chi connectivity index (χ1v) is 12.1. The van der Waals surface area contributed by atoms with Crippen LogP contribution in [0.1, 0.15) is 65.3 Å². The summed E-state index contributed by atoms with van der Waals surface area (Å²) in [5, 5.41) is 15.6. The zero-order chi connectivity index (χ0) is 24.9. The standard InChI is InChI=1S/C15H15NO.C13H20NO2P/c1-11(17)14-9-8-13(10-15(14)16-2)12-6-4-3-5-7-12;1-2-3-10(6-7-14-17)11-4-5-13(16)12(8-11)9-15/h3-10,16H,1-2H3;4-5,8-10,14,16H,2-3,6-7,17H2,1H3. The fraction of sp³-hybridized carbons (Fsp3) is 0.286.